The summed E-state index contributed by atoms with van der Waals surface area (Å²) in [5.74, 6) is 0.430. The van der Waals surface area contributed by atoms with E-state index < -0.39 is 0 Å². The molecule has 3 aromatic carbocycles. The highest BCUT2D eigenvalue weighted by atomic mass is 16.5. The van der Waals surface area contributed by atoms with Crippen LogP contribution in [-0.2, 0) is 0 Å². The van der Waals surface area contributed by atoms with E-state index >= 15 is 0 Å². The van der Waals surface area contributed by atoms with E-state index in [1.54, 1.807) is 31.4 Å². The van der Waals surface area contributed by atoms with E-state index in [0.717, 1.165) is 16.7 Å². The Morgan fingerprint density at radius 1 is 0.879 bits per heavy atom. The number of hydrogen-bond acceptors (Lipinski definition) is 4. The standard InChI is InChI=1S/C26H21N5O2/c1-33-19-14-12-17(13-15-19)21-23(24(27)28)29-25-20(16-8-4-2-5-9-16)22(30-31(25)26(21)32)18-10-6-3-7-11-18/h2-15,29H,1H3,(H3,27,28). The number of benzene rings is 3. The highest BCUT2D eigenvalue weighted by molar-refractivity contribution is 6.01. The van der Waals surface area contributed by atoms with Gasteiger partial charge in [0, 0.05) is 5.56 Å². The Kier molecular flexibility index (Phi) is 4.99. The summed E-state index contributed by atoms with van der Waals surface area (Å²) < 4.78 is 6.59. The van der Waals surface area contributed by atoms with Crippen molar-refractivity contribution in [1.82, 2.24) is 14.6 Å². The van der Waals surface area contributed by atoms with Gasteiger partial charge in [-0.05, 0) is 23.3 Å². The van der Waals surface area contributed by atoms with Crippen LogP contribution in [0.2, 0.25) is 0 Å². The quantitative estimate of drug-likeness (QED) is 0.282. The molecule has 0 spiro atoms. The molecule has 0 unspecified atom stereocenters. The molecule has 0 saturated carbocycles. The summed E-state index contributed by atoms with van der Waals surface area (Å²) in [4.78, 5) is 17.0. The highest BCUT2D eigenvalue weighted by Crippen LogP contribution is 2.34. The number of methoxy groups -OCH3 is 1. The van der Waals surface area contributed by atoms with Crippen molar-refractivity contribution in [3.8, 4) is 39.3 Å². The number of aromatic amines is 1. The Hall–Kier alpha value is -4.65. The lowest BCUT2D eigenvalue weighted by atomic mass is 10.0. The summed E-state index contributed by atoms with van der Waals surface area (Å²) in [5, 5.41) is 12.9. The first-order valence-corrected chi connectivity index (χ1v) is 10.4. The topological polar surface area (TPSA) is 109 Å². The molecular formula is C26H21N5O2. The fourth-order valence-electron chi connectivity index (χ4n) is 3.98. The molecule has 162 valence electrons. The van der Waals surface area contributed by atoms with Gasteiger partial charge in [0.2, 0.25) is 0 Å². The van der Waals surface area contributed by atoms with Gasteiger partial charge in [-0.1, -0.05) is 72.8 Å². The first-order valence-electron chi connectivity index (χ1n) is 10.4. The molecule has 7 nitrogen and oxygen atoms in total. The Morgan fingerprint density at radius 2 is 1.45 bits per heavy atom. The molecule has 33 heavy (non-hydrogen) atoms. The fraction of sp³-hybridized carbons (Fsp3) is 0.0385. The number of amidine groups is 1. The van der Waals surface area contributed by atoms with Gasteiger partial charge >= 0.3 is 0 Å². The van der Waals surface area contributed by atoms with Crippen molar-refractivity contribution in [2.24, 2.45) is 5.73 Å². The summed E-state index contributed by atoms with van der Waals surface area (Å²) >= 11 is 0. The van der Waals surface area contributed by atoms with Gasteiger partial charge in [-0.3, -0.25) is 10.2 Å². The molecular weight excluding hydrogens is 414 g/mol. The third-order valence-electron chi connectivity index (χ3n) is 5.54. The van der Waals surface area contributed by atoms with Gasteiger partial charge in [-0.15, -0.1) is 0 Å². The molecule has 5 aromatic rings. The van der Waals surface area contributed by atoms with Crippen molar-refractivity contribution < 1.29 is 4.74 Å². The Morgan fingerprint density at radius 3 is 2.03 bits per heavy atom. The van der Waals surface area contributed by atoms with Gasteiger partial charge in [0.15, 0.2) is 0 Å². The largest absolute Gasteiger partial charge is 0.497 e. The summed E-state index contributed by atoms with van der Waals surface area (Å²) in [5.41, 5.74) is 10.4. The van der Waals surface area contributed by atoms with Crippen molar-refractivity contribution in [2.75, 3.05) is 7.11 Å². The number of nitrogens with two attached hydrogens (primary N) is 1. The van der Waals surface area contributed by atoms with Gasteiger partial charge in [0.25, 0.3) is 5.56 Å². The van der Waals surface area contributed by atoms with Crippen molar-refractivity contribution in [3.05, 3.63) is 101 Å². The van der Waals surface area contributed by atoms with Gasteiger partial charge in [0.05, 0.1) is 23.9 Å². The van der Waals surface area contributed by atoms with Gasteiger partial charge in [-0.2, -0.15) is 9.61 Å². The molecule has 0 saturated heterocycles. The predicted molar refractivity (Wildman–Crippen MR) is 130 cm³/mol. The minimum atomic E-state index is -0.363. The molecule has 0 aliphatic rings. The molecule has 0 amide bonds. The van der Waals surface area contributed by atoms with Crippen LogP contribution in [0.4, 0.5) is 0 Å². The van der Waals surface area contributed by atoms with Crippen LogP contribution in [0.1, 0.15) is 5.69 Å². The molecule has 2 heterocycles. The van der Waals surface area contributed by atoms with Crippen LogP contribution in [0.15, 0.2) is 89.7 Å². The molecule has 0 bridgehead atoms. The number of nitrogens with zero attached hydrogens (tertiary/aromatic N) is 2. The van der Waals surface area contributed by atoms with Gasteiger partial charge < -0.3 is 15.5 Å². The predicted octanol–water partition coefficient (Wildman–Crippen LogP) is 4.32. The first kappa shape index (κ1) is 20.3. The minimum Gasteiger partial charge on any atom is -0.497 e. The average Bonchev–Trinajstić information content (AvgIpc) is 3.25. The maximum Gasteiger partial charge on any atom is 0.282 e. The first-order chi connectivity index (χ1) is 16.1. The van der Waals surface area contributed by atoms with E-state index in [9.17, 15) is 4.79 Å². The van der Waals surface area contributed by atoms with E-state index in [0.29, 0.717) is 22.7 Å². The molecule has 0 fully saturated rings. The van der Waals surface area contributed by atoms with E-state index in [2.05, 4.69) is 4.98 Å². The molecule has 7 heteroatoms. The van der Waals surface area contributed by atoms with Crippen LogP contribution >= 0.6 is 0 Å². The Balaban J connectivity index is 1.88. The zero-order chi connectivity index (χ0) is 22.9. The van der Waals surface area contributed by atoms with Crippen molar-refractivity contribution in [1.29, 1.82) is 5.41 Å². The number of hydrogen-bond donors (Lipinski definition) is 3. The van der Waals surface area contributed by atoms with Crippen LogP contribution in [0, 0.1) is 5.41 Å². The lowest BCUT2D eigenvalue weighted by Gasteiger charge is -2.10. The van der Waals surface area contributed by atoms with Gasteiger partial charge in [-0.25, -0.2) is 0 Å². The smallest absolute Gasteiger partial charge is 0.282 e. The maximum absolute atomic E-state index is 13.7. The van der Waals surface area contributed by atoms with Crippen LogP contribution < -0.4 is 16.0 Å². The minimum absolute atomic E-state index is 0.234. The summed E-state index contributed by atoms with van der Waals surface area (Å²) in [6.45, 7) is 0. The fourth-order valence-corrected chi connectivity index (χ4v) is 3.98. The van der Waals surface area contributed by atoms with Gasteiger partial charge in [0.1, 0.15) is 22.9 Å². The summed E-state index contributed by atoms with van der Waals surface area (Å²) in [6, 6.07) is 26.5. The van der Waals surface area contributed by atoms with Crippen LogP contribution in [-0.4, -0.2) is 27.5 Å². The second-order valence-corrected chi connectivity index (χ2v) is 7.54. The molecule has 0 radical (unpaired) electrons. The van der Waals surface area contributed by atoms with Crippen LogP contribution in [0.25, 0.3) is 39.2 Å². The Bertz CT molecular complexity index is 1520. The number of ether oxygens (including phenoxy) is 1. The third-order valence-corrected chi connectivity index (χ3v) is 5.54. The van der Waals surface area contributed by atoms with Crippen molar-refractivity contribution in [2.45, 2.75) is 0 Å². The van der Waals surface area contributed by atoms with E-state index in [-0.39, 0.29) is 22.7 Å². The zero-order valence-corrected chi connectivity index (χ0v) is 17.9. The normalized spacial score (nSPS) is 10.9. The van der Waals surface area contributed by atoms with Crippen molar-refractivity contribution >= 4 is 11.5 Å². The molecule has 5 rings (SSSR count). The summed E-state index contributed by atoms with van der Waals surface area (Å²) in [7, 11) is 1.58. The number of rotatable bonds is 5. The summed E-state index contributed by atoms with van der Waals surface area (Å²) in [6.07, 6.45) is 0. The number of H-pyrrole nitrogens is 1. The highest BCUT2D eigenvalue weighted by Gasteiger charge is 2.23. The van der Waals surface area contributed by atoms with Crippen molar-refractivity contribution in [3.63, 3.8) is 0 Å². The number of nitrogens with one attached hydrogen (secondary N) is 2. The second kappa shape index (κ2) is 8.12. The van der Waals surface area contributed by atoms with Crippen LogP contribution in [0.5, 0.6) is 5.75 Å². The number of fused-ring (bicyclic) bond motifs is 1. The Labute approximate surface area is 189 Å². The molecule has 4 N–H and O–H groups in total. The molecule has 0 aliphatic carbocycles. The van der Waals surface area contributed by atoms with E-state index in [1.165, 1.54) is 4.52 Å². The monoisotopic (exact) mass is 435 g/mol. The van der Waals surface area contributed by atoms with E-state index in [1.807, 2.05) is 60.7 Å². The molecule has 0 aliphatic heterocycles. The molecule has 2 aromatic heterocycles. The SMILES string of the molecule is COc1ccc(-c2c(C(=N)N)[nH]c3c(-c4ccccc4)c(-c4ccccc4)nn3c2=O)cc1. The zero-order valence-electron chi connectivity index (χ0n) is 17.9. The third kappa shape index (κ3) is 3.45. The second-order valence-electron chi connectivity index (χ2n) is 7.54. The maximum atomic E-state index is 13.7. The number of aromatic nitrogens is 3. The average molecular weight is 435 g/mol. The lowest BCUT2D eigenvalue weighted by molar-refractivity contribution is 0.415. The number of nitrogen functional groups attached to an aromatic ring is 1. The van der Waals surface area contributed by atoms with Crippen LogP contribution in [0.3, 0.4) is 0 Å². The lowest BCUT2D eigenvalue weighted by Crippen LogP contribution is -2.25. The molecule has 0 atom stereocenters. The van der Waals surface area contributed by atoms with E-state index in [4.69, 9.17) is 21.0 Å².